The Morgan fingerprint density at radius 1 is 0.930 bits per heavy atom. The fourth-order valence-corrected chi connectivity index (χ4v) is 4.38. The molecule has 0 amide bonds. The van der Waals surface area contributed by atoms with E-state index in [1.807, 2.05) is 6.92 Å². The number of aromatic nitrogens is 1. The number of unbranched alkanes of at least 4 members (excludes halogenated alkanes) is 1. The molecule has 0 aliphatic heterocycles. The lowest BCUT2D eigenvalue weighted by molar-refractivity contribution is -0.0915. The van der Waals surface area contributed by atoms with Crippen molar-refractivity contribution < 1.29 is 39.5 Å². The number of nitrogens with one attached hydrogen (secondary N) is 1. The van der Waals surface area contributed by atoms with Gasteiger partial charge in [-0.1, -0.05) is 45.4 Å². The summed E-state index contributed by atoms with van der Waals surface area (Å²) in [5.41, 5.74) is 0.368. The minimum atomic E-state index is -4.92. The molecule has 1 N–H and O–H groups in total. The molecule has 0 aliphatic carbocycles. The Morgan fingerprint density at radius 2 is 1.58 bits per heavy atom. The van der Waals surface area contributed by atoms with Gasteiger partial charge in [-0.3, -0.25) is 0 Å². The number of allylic oxidation sites excluding steroid dienone is 4. The van der Waals surface area contributed by atoms with Gasteiger partial charge in [0.1, 0.15) is 11.5 Å². The lowest BCUT2D eigenvalue weighted by atomic mass is 9.91. The number of nitrogens with zero attached hydrogens (tertiary/aromatic N) is 1. The Labute approximate surface area is 245 Å². The predicted molar refractivity (Wildman–Crippen MR) is 153 cm³/mol. The summed E-state index contributed by atoms with van der Waals surface area (Å²) in [5, 5.41) is 0.822. The van der Waals surface area contributed by atoms with Crippen molar-refractivity contribution in [3.63, 3.8) is 0 Å². The molecule has 43 heavy (non-hydrogen) atoms. The highest BCUT2D eigenvalue weighted by Crippen LogP contribution is 2.35. The standard InChI is InChI=1S/C21H22F3N.C11H13F6N/c1-4-5-6-16-17-11-14(22)8-10-18(17)25-21(16)13(3)15-9-7-12(2)19(23)20(15)24;1-4-5-8(3)18-9(11(15,16)17)6-7(2)10(12,13)14/h7-11,13,25H,4-6H2,1-3H3;5-6H,4H2,1-3H3/b;7-6+,8-5+,18-9-. The molecule has 1 aromatic heterocycles. The summed E-state index contributed by atoms with van der Waals surface area (Å²) in [6.07, 6.45) is -5.14. The molecule has 2 nitrogen and oxygen atoms in total. The number of aryl methyl sites for hydroxylation is 2. The van der Waals surface area contributed by atoms with E-state index in [0.717, 1.165) is 41.4 Å². The second-order valence-corrected chi connectivity index (χ2v) is 10.2. The molecule has 0 fully saturated rings. The average molecular weight is 619 g/mol. The number of aromatic amines is 1. The number of aliphatic imine (C=N–C) groups is 1. The van der Waals surface area contributed by atoms with Crippen molar-refractivity contribution in [2.24, 2.45) is 4.99 Å². The van der Waals surface area contributed by atoms with Crippen LogP contribution in [0.4, 0.5) is 39.5 Å². The first kappa shape index (κ1) is 35.7. The smallest absolute Gasteiger partial charge is 0.358 e. The summed E-state index contributed by atoms with van der Waals surface area (Å²) >= 11 is 0. The number of hydrogen-bond acceptors (Lipinski definition) is 1. The minimum absolute atomic E-state index is 0.00694. The third-order valence-corrected chi connectivity index (χ3v) is 6.77. The van der Waals surface area contributed by atoms with Crippen LogP contribution in [0.15, 0.2) is 58.7 Å². The molecular weight excluding hydrogens is 583 g/mol. The summed E-state index contributed by atoms with van der Waals surface area (Å²) in [5.74, 6) is -2.26. The summed E-state index contributed by atoms with van der Waals surface area (Å²) in [6, 6.07) is 7.84. The molecular formula is C32H35F9N2. The fraction of sp³-hybridized carbons (Fsp3) is 0.406. The Kier molecular flexibility index (Phi) is 12.3. The van der Waals surface area contributed by atoms with Crippen molar-refractivity contribution >= 4 is 16.6 Å². The number of hydrogen-bond donors (Lipinski definition) is 1. The molecule has 1 unspecified atom stereocenters. The van der Waals surface area contributed by atoms with Crippen LogP contribution in [0.3, 0.4) is 0 Å². The second kappa shape index (κ2) is 14.8. The quantitative estimate of drug-likeness (QED) is 0.192. The third-order valence-electron chi connectivity index (χ3n) is 6.77. The lowest BCUT2D eigenvalue weighted by Crippen LogP contribution is -2.23. The second-order valence-electron chi connectivity index (χ2n) is 10.2. The molecule has 11 heteroatoms. The summed E-state index contributed by atoms with van der Waals surface area (Å²) < 4.78 is 116. The van der Waals surface area contributed by atoms with Gasteiger partial charge < -0.3 is 4.98 Å². The largest absolute Gasteiger partial charge is 0.433 e. The van der Waals surface area contributed by atoms with Gasteiger partial charge in [-0.05, 0) is 81.0 Å². The normalized spacial score (nSPS) is 14.2. The highest BCUT2D eigenvalue weighted by Gasteiger charge is 2.38. The number of halogens is 9. The van der Waals surface area contributed by atoms with Gasteiger partial charge in [0.05, 0.1) is 0 Å². The number of benzene rings is 2. The fourth-order valence-electron chi connectivity index (χ4n) is 4.38. The van der Waals surface area contributed by atoms with Gasteiger partial charge in [0.25, 0.3) is 0 Å². The van der Waals surface area contributed by atoms with E-state index in [4.69, 9.17) is 0 Å². The number of H-pyrrole nitrogens is 1. The maximum absolute atomic E-state index is 14.5. The van der Waals surface area contributed by atoms with Gasteiger partial charge in [0.2, 0.25) is 0 Å². The average Bonchev–Trinajstić information content (AvgIpc) is 3.26. The van der Waals surface area contributed by atoms with Crippen LogP contribution < -0.4 is 0 Å². The third kappa shape index (κ3) is 9.49. The van der Waals surface area contributed by atoms with Gasteiger partial charge in [0, 0.05) is 33.8 Å². The molecule has 3 rings (SSSR count). The number of rotatable bonds is 8. The van der Waals surface area contributed by atoms with E-state index in [2.05, 4.69) is 16.9 Å². The van der Waals surface area contributed by atoms with Crippen LogP contribution >= 0.6 is 0 Å². The molecule has 0 saturated carbocycles. The van der Waals surface area contributed by atoms with Crippen molar-refractivity contribution in [2.75, 3.05) is 0 Å². The Balaban J connectivity index is 0.000000320. The highest BCUT2D eigenvalue weighted by atomic mass is 19.4. The zero-order valence-corrected chi connectivity index (χ0v) is 24.8. The molecule has 236 valence electrons. The highest BCUT2D eigenvalue weighted by molar-refractivity contribution is 6.00. The van der Waals surface area contributed by atoms with E-state index in [-0.39, 0.29) is 23.5 Å². The van der Waals surface area contributed by atoms with Crippen molar-refractivity contribution in [1.29, 1.82) is 0 Å². The topological polar surface area (TPSA) is 28.1 Å². The Bertz CT molecular complexity index is 1490. The van der Waals surface area contributed by atoms with Crippen LogP contribution in [0.2, 0.25) is 0 Å². The van der Waals surface area contributed by atoms with Crippen LogP contribution in [-0.4, -0.2) is 23.0 Å². The van der Waals surface area contributed by atoms with Crippen LogP contribution in [0.25, 0.3) is 10.9 Å². The molecule has 0 saturated heterocycles. The van der Waals surface area contributed by atoms with E-state index in [0.29, 0.717) is 24.5 Å². The van der Waals surface area contributed by atoms with E-state index < -0.39 is 35.3 Å². The summed E-state index contributed by atoms with van der Waals surface area (Å²) in [6.45, 7) is 9.04. The molecule has 2 aromatic carbocycles. The van der Waals surface area contributed by atoms with Gasteiger partial charge in [0.15, 0.2) is 11.6 Å². The molecule has 0 aliphatic rings. The first-order valence-corrected chi connectivity index (χ1v) is 13.7. The minimum Gasteiger partial charge on any atom is -0.358 e. The molecule has 0 spiro atoms. The van der Waals surface area contributed by atoms with E-state index in [9.17, 15) is 39.5 Å². The molecule has 0 radical (unpaired) electrons. The van der Waals surface area contributed by atoms with Crippen molar-refractivity contribution in [3.05, 3.63) is 93.6 Å². The maximum atomic E-state index is 14.5. The zero-order valence-electron chi connectivity index (χ0n) is 24.8. The Hall–Kier alpha value is -3.50. The number of fused-ring (bicyclic) bond motifs is 1. The van der Waals surface area contributed by atoms with Gasteiger partial charge in [-0.2, -0.15) is 26.3 Å². The van der Waals surface area contributed by atoms with Crippen LogP contribution in [-0.2, 0) is 6.42 Å². The van der Waals surface area contributed by atoms with E-state index >= 15 is 0 Å². The van der Waals surface area contributed by atoms with Crippen LogP contribution in [0.1, 0.15) is 82.2 Å². The van der Waals surface area contributed by atoms with Crippen molar-refractivity contribution in [1.82, 2.24) is 4.98 Å². The first-order chi connectivity index (χ1) is 19.9. The van der Waals surface area contributed by atoms with Gasteiger partial charge in [-0.15, -0.1) is 0 Å². The zero-order chi connectivity index (χ0) is 32.7. The summed E-state index contributed by atoms with van der Waals surface area (Å²) in [7, 11) is 0. The molecule has 3 aromatic rings. The molecule has 1 atom stereocenters. The van der Waals surface area contributed by atoms with Crippen molar-refractivity contribution in [3.8, 4) is 0 Å². The predicted octanol–water partition coefficient (Wildman–Crippen LogP) is 11.2. The van der Waals surface area contributed by atoms with Gasteiger partial charge >= 0.3 is 12.4 Å². The number of alkyl halides is 6. The molecule has 1 heterocycles. The van der Waals surface area contributed by atoms with Crippen LogP contribution in [0, 0.1) is 24.4 Å². The Morgan fingerprint density at radius 3 is 2.14 bits per heavy atom. The monoisotopic (exact) mass is 618 g/mol. The van der Waals surface area contributed by atoms with E-state index in [1.165, 1.54) is 25.1 Å². The van der Waals surface area contributed by atoms with Gasteiger partial charge in [-0.25, -0.2) is 18.2 Å². The summed E-state index contributed by atoms with van der Waals surface area (Å²) in [4.78, 5) is 6.47. The maximum Gasteiger partial charge on any atom is 0.433 e. The van der Waals surface area contributed by atoms with E-state index in [1.54, 1.807) is 32.0 Å². The SMILES string of the molecule is CC/C=C(C)/N=C(/C=C(\C)C(F)(F)F)C(F)(F)F.CCCCc1c(C(C)c2ccc(C)c(F)c2F)[nH]c2ccc(F)cc12. The van der Waals surface area contributed by atoms with Crippen LogP contribution in [0.5, 0.6) is 0 Å². The molecule has 0 bridgehead atoms. The van der Waals surface area contributed by atoms with Crippen molar-refractivity contribution in [2.45, 2.75) is 85.5 Å². The first-order valence-electron chi connectivity index (χ1n) is 13.7. The lowest BCUT2D eigenvalue weighted by Gasteiger charge is -2.15.